The van der Waals surface area contributed by atoms with Gasteiger partial charge >= 0.3 is 0 Å². The summed E-state index contributed by atoms with van der Waals surface area (Å²) < 4.78 is 17.5. The lowest BCUT2D eigenvalue weighted by Crippen LogP contribution is -2.67. The fourth-order valence-electron chi connectivity index (χ4n) is 3.95. The van der Waals surface area contributed by atoms with E-state index in [4.69, 9.17) is 31.4 Å². The van der Waals surface area contributed by atoms with Crippen molar-refractivity contribution in [3.05, 3.63) is 0 Å². The molecule has 0 aromatic heterocycles. The van der Waals surface area contributed by atoms with Gasteiger partial charge in [0.15, 0.2) is 6.29 Å². The van der Waals surface area contributed by atoms with Crippen LogP contribution >= 0.6 is 0 Å². The average Bonchev–Trinajstić information content (AvgIpc) is 2.65. The van der Waals surface area contributed by atoms with Crippen molar-refractivity contribution in [3.8, 4) is 0 Å². The Kier molecular flexibility index (Phi) is 8.38. The van der Waals surface area contributed by atoms with Crippen LogP contribution in [0, 0.1) is 0 Å². The van der Waals surface area contributed by atoms with Crippen LogP contribution < -0.4 is 22.5 Å². The zero-order chi connectivity index (χ0) is 20.1. The molecule has 27 heavy (non-hydrogen) atoms. The van der Waals surface area contributed by atoms with Crippen LogP contribution in [0.2, 0.25) is 0 Å². The number of hydrogen-bond donors (Lipinski definition) is 5. The first kappa shape index (κ1) is 22.4. The lowest BCUT2D eigenvalue weighted by molar-refractivity contribution is -0.254. The minimum Gasteiger partial charge on any atom is -0.388 e. The molecular formula is C17H35N5O5. The number of carbonyl (C=O) groups excluding carboxylic acids is 1. The summed E-state index contributed by atoms with van der Waals surface area (Å²) in [6.45, 7) is 0.532. The van der Waals surface area contributed by atoms with Gasteiger partial charge in [-0.25, -0.2) is 0 Å². The van der Waals surface area contributed by atoms with Crippen molar-refractivity contribution < 1.29 is 24.1 Å². The largest absolute Gasteiger partial charge is 0.388 e. The highest BCUT2D eigenvalue weighted by atomic mass is 16.7. The van der Waals surface area contributed by atoms with Crippen molar-refractivity contribution >= 4 is 5.91 Å². The molecule has 0 radical (unpaired) electrons. The topological polar surface area (TPSA) is 158 Å². The summed E-state index contributed by atoms with van der Waals surface area (Å²) in [6.07, 6.45) is -0.883. The van der Waals surface area contributed by atoms with Gasteiger partial charge in [-0.2, -0.15) is 0 Å². The van der Waals surface area contributed by atoms with Crippen molar-refractivity contribution in [2.24, 2.45) is 17.2 Å². The lowest BCUT2D eigenvalue weighted by Gasteiger charge is -2.48. The molecule has 1 aliphatic carbocycles. The molecule has 1 saturated carbocycles. The number of aliphatic hydroxyl groups is 1. The molecule has 1 aliphatic heterocycles. The maximum Gasteiger partial charge on any atom is 0.236 e. The Morgan fingerprint density at radius 3 is 2.63 bits per heavy atom. The number of nitrogens with two attached hydrogens (primary N) is 3. The lowest BCUT2D eigenvalue weighted by atomic mass is 9.83. The van der Waals surface area contributed by atoms with E-state index in [1.165, 1.54) is 12.0 Å². The first-order chi connectivity index (χ1) is 12.8. The minimum absolute atomic E-state index is 0.0132. The van der Waals surface area contributed by atoms with Crippen molar-refractivity contribution in [3.63, 3.8) is 0 Å². The van der Waals surface area contributed by atoms with Crippen LogP contribution in [-0.4, -0.2) is 99.0 Å². The minimum atomic E-state index is -1.06. The second-order valence-corrected chi connectivity index (χ2v) is 7.39. The molecule has 1 saturated heterocycles. The molecule has 10 heteroatoms. The van der Waals surface area contributed by atoms with Crippen molar-refractivity contribution in [1.29, 1.82) is 0 Å². The summed E-state index contributed by atoms with van der Waals surface area (Å²) in [7, 11) is 4.98. The maximum atomic E-state index is 12.1. The number of methoxy groups -OCH3 is 1. The van der Waals surface area contributed by atoms with Gasteiger partial charge < -0.3 is 46.7 Å². The molecule has 2 rings (SSSR count). The highest BCUT2D eigenvalue weighted by Gasteiger charge is 2.48. The van der Waals surface area contributed by atoms with Gasteiger partial charge in [0.2, 0.25) is 5.91 Å². The summed E-state index contributed by atoms with van der Waals surface area (Å²) in [5.41, 5.74) is 17.9. The molecule has 8 atom stereocenters. The van der Waals surface area contributed by atoms with E-state index in [0.29, 0.717) is 13.0 Å². The third kappa shape index (κ3) is 5.15. The Hall–Kier alpha value is -0.850. The molecule has 8 N–H and O–H groups in total. The molecule has 2 aliphatic rings. The van der Waals surface area contributed by atoms with Crippen LogP contribution in [0.1, 0.15) is 19.3 Å². The van der Waals surface area contributed by atoms with Gasteiger partial charge in [0, 0.05) is 26.7 Å². The highest BCUT2D eigenvalue weighted by Crippen LogP contribution is 2.30. The summed E-state index contributed by atoms with van der Waals surface area (Å²) >= 11 is 0. The van der Waals surface area contributed by atoms with Crippen molar-refractivity contribution in [1.82, 2.24) is 10.2 Å². The van der Waals surface area contributed by atoms with Crippen LogP contribution in [0.5, 0.6) is 0 Å². The Labute approximate surface area is 160 Å². The average molecular weight is 389 g/mol. The number of likely N-dealkylation sites (N-methyl/N-ethyl adjacent to an activating group) is 2. The van der Waals surface area contributed by atoms with E-state index >= 15 is 0 Å². The molecule has 0 spiro atoms. The van der Waals surface area contributed by atoms with E-state index < -0.39 is 36.7 Å². The predicted octanol–water partition coefficient (Wildman–Crippen LogP) is -2.68. The second-order valence-electron chi connectivity index (χ2n) is 7.39. The van der Waals surface area contributed by atoms with Gasteiger partial charge in [-0.15, -0.1) is 0 Å². The third-order valence-corrected chi connectivity index (χ3v) is 5.53. The smallest absolute Gasteiger partial charge is 0.236 e. The zero-order valence-corrected chi connectivity index (χ0v) is 16.4. The first-order valence-corrected chi connectivity index (χ1v) is 9.47. The SMILES string of the molecule is CNC[C@H]1CC[C@H](N)[C@H](O[C@@H]2[C@@H](O)[C@@H](N(C)C(=O)CN)[C@H](OC)C[C@H]2N)O1. The van der Waals surface area contributed by atoms with E-state index in [1.807, 2.05) is 7.05 Å². The van der Waals surface area contributed by atoms with Gasteiger partial charge in [0.05, 0.1) is 30.8 Å². The van der Waals surface area contributed by atoms with Gasteiger partial charge in [-0.05, 0) is 26.3 Å². The number of ether oxygens (including phenoxy) is 3. The molecule has 2 fully saturated rings. The van der Waals surface area contributed by atoms with E-state index in [1.54, 1.807) is 7.05 Å². The fraction of sp³-hybridized carbons (Fsp3) is 0.941. The normalized spacial score (nSPS) is 40.0. The van der Waals surface area contributed by atoms with E-state index in [0.717, 1.165) is 12.8 Å². The Balaban J connectivity index is 2.13. The molecule has 1 heterocycles. The molecule has 0 aromatic rings. The summed E-state index contributed by atoms with van der Waals surface area (Å²) in [5.74, 6) is -0.296. The Bertz CT molecular complexity index is 485. The van der Waals surface area contributed by atoms with Crippen LogP contribution in [0.4, 0.5) is 0 Å². The Morgan fingerprint density at radius 1 is 1.33 bits per heavy atom. The number of amides is 1. The molecule has 158 valence electrons. The van der Waals surface area contributed by atoms with Crippen LogP contribution in [0.15, 0.2) is 0 Å². The summed E-state index contributed by atoms with van der Waals surface area (Å²) in [6, 6.07) is -1.41. The maximum absolute atomic E-state index is 12.1. The first-order valence-electron chi connectivity index (χ1n) is 9.47. The van der Waals surface area contributed by atoms with Gasteiger partial charge in [-0.3, -0.25) is 4.79 Å². The van der Waals surface area contributed by atoms with Gasteiger partial charge in [0.25, 0.3) is 0 Å². The monoisotopic (exact) mass is 389 g/mol. The number of carbonyl (C=O) groups is 1. The molecule has 0 unspecified atom stereocenters. The fourth-order valence-corrected chi connectivity index (χ4v) is 3.95. The second kappa shape index (κ2) is 10.1. The summed E-state index contributed by atoms with van der Waals surface area (Å²) in [5, 5.41) is 14.1. The van der Waals surface area contributed by atoms with Crippen LogP contribution in [-0.2, 0) is 19.0 Å². The van der Waals surface area contributed by atoms with Crippen LogP contribution in [0.3, 0.4) is 0 Å². The molecule has 1 amide bonds. The Morgan fingerprint density at radius 2 is 2.04 bits per heavy atom. The van der Waals surface area contributed by atoms with Crippen molar-refractivity contribution in [2.75, 3.05) is 34.3 Å². The number of nitrogens with zero attached hydrogens (tertiary/aromatic N) is 1. The van der Waals surface area contributed by atoms with E-state index in [2.05, 4.69) is 5.32 Å². The standard InChI is InChI=1S/C17H35N5O5/c1-21-8-9-4-5-10(19)17(26-9)27-16-11(20)6-12(25-3)14(15(16)24)22(2)13(23)7-18/h9-12,14-17,21,24H,4-8,18-20H2,1-3H3/t9-,10+,11-,12-,14+,15+,16+,17+/m1/s1. The molecule has 0 bridgehead atoms. The quantitative estimate of drug-likeness (QED) is 0.313. The molecule has 10 nitrogen and oxygen atoms in total. The predicted molar refractivity (Wildman–Crippen MR) is 99.7 cm³/mol. The number of nitrogens with one attached hydrogen (secondary N) is 1. The number of rotatable bonds is 7. The van der Waals surface area contributed by atoms with Crippen LogP contribution in [0.25, 0.3) is 0 Å². The van der Waals surface area contributed by atoms with E-state index in [9.17, 15) is 9.90 Å². The number of aliphatic hydroxyl groups excluding tert-OH is 1. The summed E-state index contributed by atoms with van der Waals surface area (Å²) in [4.78, 5) is 13.5. The van der Waals surface area contributed by atoms with Gasteiger partial charge in [-0.1, -0.05) is 0 Å². The van der Waals surface area contributed by atoms with Gasteiger partial charge in [0.1, 0.15) is 12.2 Å². The molecule has 0 aromatic carbocycles. The third-order valence-electron chi connectivity index (χ3n) is 5.53. The molecular weight excluding hydrogens is 354 g/mol. The zero-order valence-electron chi connectivity index (χ0n) is 16.4. The van der Waals surface area contributed by atoms with E-state index in [-0.39, 0.29) is 24.6 Å². The van der Waals surface area contributed by atoms with Crippen molar-refractivity contribution in [2.45, 2.75) is 68.1 Å². The number of hydrogen-bond acceptors (Lipinski definition) is 9. The highest BCUT2D eigenvalue weighted by molar-refractivity contribution is 5.78.